The standard InChI is InChI=1S/C17H24BrF2N/c1-17(2,3)11-5-4-6-13(8-7-11)21-16-14(19)9-12(18)10-15(16)20/h9-11,13,21H,4-8H2,1-3H3. The predicted octanol–water partition coefficient (Wildman–Crippen LogP) is 6.13. The molecule has 1 N–H and O–H groups in total. The highest BCUT2D eigenvalue weighted by molar-refractivity contribution is 9.10. The Labute approximate surface area is 134 Å². The second-order valence-electron chi connectivity index (χ2n) is 7.16. The van der Waals surface area contributed by atoms with E-state index in [9.17, 15) is 8.78 Å². The van der Waals surface area contributed by atoms with Crippen molar-refractivity contribution in [3.05, 3.63) is 28.2 Å². The Bertz CT molecular complexity index is 473. The van der Waals surface area contributed by atoms with Crippen LogP contribution in [0, 0.1) is 23.0 Å². The van der Waals surface area contributed by atoms with Crippen LogP contribution in [-0.4, -0.2) is 6.04 Å². The average Bonchev–Trinajstić information content (AvgIpc) is 2.58. The van der Waals surface area contributed by atoms with Crippen molar-refractivity contribution in [1.82, 2.24) is 0 Å². The number of hydrogen-bond donors (Lipinski definition) is 1. The minimum atomic E-state index is -0.529. The van der Waals surface area contributed by atoms with E-state index in [1.807, 2.05) is 0 Å². The van der Waals surface area contributed by atoms with Gasteiger partial charge in [0, 0.05) is 10.5 Å². The number of hydrogen-bond acceptors (Lipinski definition) is 1. The Morgan fingerprint density at radius 2 is 1.67 bits per heavy atom. The van der Waals surface area contributed by atoms with Crippen molar-refractivity contribution in [3.63, 3.8) is 0 Å². The monoisotopic (exact) mass is 359 g/mol. The zero-order valence-corrected chi connectivity index (χ0v) is 14.6. The maximum atomic E-state index is 13.9. The SMILES string of the molecule is CC(C)(C)C1CCCC(Nc2c(F)cc(Br)cc2F)CC1. The summed E-state index contributed by atoms with van der Waals surface area (Å²) in [6, 6.07) is 2.77. The molecular formula is C17H24BrF2N. The van der Waals surface area contributed by atoms with Crippen molar-refractivity contribution in [2.45, 2.75) is 58.9 Å². The molecule has 1 aliphatic rings. The van der Waals surface area contributed by atoms with Gasteiger partial charge in [0.2, 0.25) is 0 Å². The summed E-state index contributed by atoms with van der Waals surface area (Å²) in [5, 5.41) is 3.09. The van der Waals surface area contributed by atoms with Gasteiger partial charge >= 0.3 is 0 Å². The highest BCUT2D eigenvalue weighted by Gasteiger charge is 2.28. The molecule has 1 saturated carbocycles. The largest absolute Gasteiger partial charge is 0.378 e. The number of benzene rings is 1. The molecule has 0 heterocycles. The summed E-state index contributed by atoms with van der Waals surface area (Å²) >= 11 is 3.11. The first-order chi connectivity index (χ1) is 9.77. The van der Waals surface area contributed by atoms with Gasteiger partial charge in [0.25, 0.3) is 0 Å². The molecule has 0 aromatic heterocycles. The fourth-order valence-corrected chi connectivity index (χ4v) is 3.60. The topological polar surface area (TPSA) is 12.0 Å². The summed E-state index contributed by atoms with van der Waals surface area (Å²) in [5.41, 5.74) is 0.320. The first kappa shape index (κ1) is 16.7. The summed E-state index contributed by atoms with van der Waals surface area (Å²) in [6.07, 6.45) is 5.37. The molecule has 1 nitrogen and oxygen atoms in total. The normalized spacial score (nSPS) is 23.7. The van der Waals surface area contributed by atoms with Gasteiger partial charge in [0.15, 0.2) is 0 Å². The van der Waals surface area contributed by atoms with E-state index in [1.54, 1.807) is 0 Å². The smallest absolute Gasteiger partial charge is 0.150 e. The molecule has 2 atom stereocenters. The van der Waals surface area contributed by atoms with E-state index in [4.69, 9.17) is 0 Å². The van der Waals surface area contributed by atoms with E-state index >= 15 is 0 Å². The van der Waals surface area contributed by atoms with Gasteiger partial charge in [-0.2, -0.15) is 0 Å². The van der Waals surface area contributed by atoms with Gasteiger partial charge in [-0.05, 0) is 49.1 Å². The molecule has 0 saturated heterocycles. The van der Waals surface area contributed by atoms with Gasteiger partial charge in [-0.15, -0.1) is 0 Å². The quantitative estimate of drug-likeness (QED) is 0.625. The van der Waals surface area contributed by atoms with Gasteiger partial charge in [0.1, 0.15) is 17.3 Å². The molecule has 21 heavy (non-hydrogen) atoms. The van der Waals surface area contributed by atoms with Crippen molar-refractivity contribution in [3.8, 4) is 0 Å². The van der Waals surface area contributed by atoms with Crippen LogP contribution in [0.25, 0.3) is 0 Å². The molecule has 0 amide bonds. The highest BCUT2D eigenvalue weighted by Crippen LogP contribution is 2.37. The van der Waals surface area contributed by atoms with Crippen LogP contribution in [0.2, 0.25) is 0 Å². The summed E-state index contributed by atoms with van der Waals surface area (Å²) < 4.78 is 28.2. The minimum absolute atomic E-state index is 0.0115. The van der Waals surface area contributed by atoms with Crippen LogP contribution in [0.15, 0.2) is 16.6 Å². The number of anilines is 1. The predicted molar refractivity (Wildman–Crippen MR) is 87.5 cm³/mol. The van der Waals surface area contributed by atoms with E-state index in [-0.39, 0.29) is 11.7 Å². The van der Waals surface area contributed by atoms with Gasteiger partial charge in [-0.25, -0.2) is 8.78 Å². The van der Waals surface area contributed by atoms with Crippen LogP contribution in [0.4, 0.5) is 14.5 Å². The van der Waals surface area contributed by atoms with Crippen molar-refractivity contribution in [1.29, 1.82) is 0 Å². The maximum Gasteiger partial charge on any atom is 0.150 e. The molecule has 0 radical (unpaired) electrons. The molecule has 1 aromatic rings. The van der Waals surface area contributed by atoms with E-state index in [2.05, 4.69) is 42.0 Å². The van der Waals surface area contributed by atoms with Crippen LogP contribution < -0.4 is 5.32 Å². The Kier molecular flexibility index (Phi) is 5.29. The van der Waals surface area contributed by atoms with E-state index < -0.39 is 11.6 Å². The fourth-order valence-electron chi connectivity index (χ4n) is 3.20. The van der Waals surface area contributed by atoms with Gasteiger partial charge < -0.3 is 5.32 Å². The summed E-state index contributed by atoms with van der Waals surface area (Å²) in [6.45, 7) is 6.83. The van der Waals surface area contributed by atoms with Crippen molar-refractivity contribution in [2.24, 2.45) is 11.3 Å². The van der Waals surface area contributed by atoms with Crippen molar-refractivity contribution >= 4 is 21.6 Å². The lowest BCUT2D eigenvalue weighted by molar-refractivity contribution is 0.214. The zero-order chi connectivity index (χ0) is 15.6. The molecule has 0 bridgehead atoms. The number of rotatable bonds is 2. The third-order valence-electron chi connectivity index (χ3n) is 4.55. The molecule has 2 rings (SSSR count). The van der Waals surface area contributed by atoms with E-state index in [0.717, 1.165) is 25.7 Å². The van der Waals surface area contributed by atoms with Crippen LogP contribution in [0.3, 0.4) is 0 Å². The van der Waals surface area contributed by atoms with E-state index in [1.165, 1.54) is 18.6 Å². The average molecular weight is 360 g/mol. The lowest BCUT2D eigenvalue weighted by atomic mass is 9.76. The second kappa shape index (κ2) is 6.64. The number of nitrogens with one attached hydrogen (secondary N) is 1. The van der Waals surface area contributed by atoms with E-state index in [0.29, 0.717) is 15.8 Å². The highest BCUT2D eigenvalue weighted by atomic mass is 79.9. The zero-order valence-electron chi connectivity index (χ0n) is 13.0. The summed E-state index contributed by atoms with van der Waals surface area (Å²) in [4.78, 5) is 0. The summed E-state index contributed by atoms with van der Waals surface area (Å²) in [5.74, 6) is -0.374. The molecule has 2 unspecified atom stereocenters. The van der Waals surface area contributed by atoms with Crippen LogP contribution in [-0.2, 0) is 0 Å². The maximum absolute atomic E-state index is 13.9. The molecule has 0 aliphatic heterocycles. The first-order valence-electron chi connectivity index (χ1n) is 7.68. The van der Waals surface area contributed by atoms with Gasteiger partial charge in [-0.1, -0.05) is 43.1 Å². The Balaban J connectivity index is 2.05. The molecule has 1 aromatic carbocycles. The number of halogens is 3. The van der Waals surface area contributed by atoms with Crippen LogP contribution in [0.5, 0.6) is 0 Å². The Morgan fingerprint density at radius 1 is 1.05 bits per heavy atom. The van der Waals surface area contributed by atoms with Gasteiger partial charge in [-0.3, -0.25) is 0 Å². The second-order valence-corrected chi connectivity index (χ2v) is 8.07. The molecule has 4 heteroatoms. The third-order valence-corrected chi connectivity index (χ3v) is 5.01. The van der Waals surface area contributed by atoms with Crippen molar-refractivity contribution < 1.29 is 8.78 Å². The molecule has 0 spiro atoms. The van der Waals surface area contributed by atoms with Gasteiger partial charge in [0.05, 0.1) is 0 Å². The molecular weight excluding hydrogens is 336 g/mol. The molecule has 1 fully saturated rings. The Hall–Kier alpha value is -0.640. The molecule has 1 aliphatic carbocycles. The lowest BCUT2D eigenvalue weighted by Crippen LogP contribution is -2.22. The Morgan fingerprint density at radius 3 is 2.24 bits per heavy atom. The first-order valence-corrected chi connectivity index (χ1v) is 8.47. The minimum Gasteiger partial charge on any atom is -0.378 e. The molecule has 118 valence electrons. The fraction of sp³-hybridized carbons (Fsp3) is 0.647. The van der Waals surface area contributed by atoms with Crippen molar-refractivity contribution in [2.75, 3.05) is 5.32 Å². The lowest BCUT2D eigenvalue weighted by Gasteiger charge is -2.29. The summed E-state index contributed by atoms with van der Waals surface area (Å²) in [7, 11) is 0. The third kappa shape index (κ3) is 4.41. The van der Waals surface area contributed by atoms with Crippen LogP contribution >= 0.6 is 15.9 Å². The van der Waals surface area contributed by atoms with Crippen LogP contribution in [0.1, 0.15) is 52.9 Å².